The summed E-state index contributed by atoms with van der Waals surface area (Å²) in [6, 6.07) is 0. The number of esters is 1. The minimum atomic E-state index is -0.334. The molecular weight excluding hydrogens is 124 g/mol. The summed E-state index contributed by atoms with van der Waals surface area (Å²) in [7, 11) is 1.34. The number of carbonyl (C=O) groups is 1. The van der Waals surface area contributed by atoms with Gasteiger partial charge in [-0.15, -0.1) is 0 Å². The molecule has 46 valence electrons. The molecule has 0 N–H and O–H groups in total. The molecule has 0 heterocycles. The van der Waals surface area contributed by atoms with E-state index in [1.165, 1.54) is 13.2 Å². The quantitative estimate of drug-likeness (QED) is 0.339. The van der Waals surface area contributed by atoms with Crippen LogP contribution in [0.3, 0.4) is 0 Å². The molecule has 0 radical (unpaired) electrons. The normalized spacial score (nSPS) is 9.75. The van der Waals surface area contributed by atoms with Gasteiger partial charge in [-0.1, -0.05) is 6.08 Å². The molecule has 3 heteroatoms. The Morgan fingerprint density at radius 1 is 1.88 bits per heavy atom. The molecular formula is C5H8O2S. The fourth-order valence-electron chi connectivity index (χ4n) is 0.217. The van der Waals surface area contributed by atoms with Crippen LogP contribution in [0.15, 0.2) is 12.2 Å². The second-order valence-electron chi connectivity index (χ2n) is 1.11. The fraction of sp³-hybridized carbons (Fsp3) is 0.400. The van der Waals surface area contributed by atoms with Gasteiger partial charge in [-0.2, -0.15) is 12.6 Å². The van der Waals surface area contributed by atoms with Gasteiger partial charge in [0.2, 0.25) is 0 Å². The molecule has 2 nitrogen and oxygen atoms in total. The summed E-state index contributed by atoms with van der Waals surface area (Å²) in [5, 5.41) is 0. The SMILES string of the molecule is COC(=O)/C=C/CS. The minimum Gasteiger partial charge on any atom is -0.466 e. The monoisotopic (exact) mass is 132 g/mol. The van der Waals surface area contributed by atoms with Crippen LogP contribution in [0.5, 0.6) is 0 Å². The van der Waals surface area contributed by atoms with Gasteiger partial charge in [-0.05, 0) is 0 Å². The molecule has 0 rings (SSSR count). The highest BCUT2D eigenvalue weighted by molar-refractivity contribution is 7.80. The highest BCUT2D eigenvalue weighted by Crippen LogP contribution is 1.79. The van der Waals surface area contributed by atoms with Crippen LogP contribution in [0.4, 0.5) is 0 Å². The van der Waals surface area contributed by atoms with Crippen molar-refractivity contribution >= 4 is 18.6 Å². The van der Waals surface area contributed by atoms with Crippen LogP contribution in [0.2, 0.25) is 0 Å². The lowest BCUT2D eigenvalue weighted by atomic mass is 10.5. The lowest BCUT2D eigenvalue weighted by Crippen LogP contribution is -1.93. The molecule has 8 heavy (non-hydrogen) atoms. The molecule has 0 aliphatic rings. The third-order valence-corrected chi connectivity index (χ3v) is 0.771. The second-order valence-corrected chi connectivity index (χ2v) is 1.47. The zero-order valence-electron chi connectivity index (χ0n) is 4.63. The lowest BCUT2D eigenvalue weighted by Gasteiger charge is -1.85. The third kappa shape index (κ3) is 3.74. The van der Waals surface area contributed by atoms with Gasteiger partial charge in [-0.3, -0.25) is 0 Å². The van der Waals surface area contributed by atoms with Gasteiger partial charge in [0.15, 0.2) is 0 Å². The zero-order chi connectivity index (χ0) is 6.41. The Kier molecular flexibility index (Phi) is 4.45. The Hall–Kier alpha value is -0.440. The van der Waals surface area contributed by atoms with Crippen LogP contribution in [-0.4, -0.2) is 18.8 Å². The van der Waals surface area contributed by atoms with Crippen LogP contribution in [0, 0.1) is 0 Å². The fourth-order valence-corrected chi connectivity index (χ4v) is 0.322. The van der Waals surface area contributed by atoms with Gasteiger partial charge in [-0.25, -0.2) is 4.79 Å². The number of thiol groups is 1. The van der Waals surface area contributed by atoms with Crippen molar-refractivity contribution in [3.8, 4) is 0 Å². The van der Waals surface area contributed by atoms with Crippen LogP contribution in [-0.2, 0) is 9.53 Å². The van der Waals surface area contributed by atoms with Crippen molar-refractivity contribution in [2.75, 3.05) is 12.9 Å². The van der Waals surface area contributed by atoms with Crippen molar-refractivity contribution in [2.45, 2.75) is 0 Å². The van der Waals surface area contributed by atoms with E-state index in [9.17, 15) is 4.79 Å². The molecule has 0 amide bonds. The van der Waals surface area contributed by atoms with E-state index in [0.717, 1.165) is 0 Å². The third-order valence-electron chi connectivity index (χ3n) is 0.561. The van der Waals surface area contributed by atoms with E-state index in [4.69, 9.17) is 0 Å². The average Bonchev–Trinajstić information content (AvgIpc) is 1.83. The van der Waals surface area contributed by atoms with E-state index >= 15 is 0 Å². The average molecular weight is 132 g/mol. The predicted molar refractivity (Wildman–Crippen MR) is 35.0 cm³/mol. The maximum Gasteiger partial charge on any atom is 0.330 e. The summed E-state index contributed by atoms with van der Waals surface area (Å²) in [6.07, 6.45) is 2.96. The van der Waals surface area contributed by atoms with Crippen molar-refractivity contribution in [3.05, 3.63) is 12.2 Å². The first-order chi connectivity index (χ1) is 3.81. The molecule has 0 fully saturated rings. The molecule has 0 spiro atoms. The predicted octanol–water partition coefficient (Wildman–Crippen LogP) is 0.645. The molecule has 0 aromatic carbocycles. The van der Waals surface area contributed by atoms with Crippen molar-refractivity contribution in [1.82, 2.24) is 0 Å². The summed E-state index contributed by atoms with van der Waals surface area (Å²) < 4.78 is 4.29. The summed E-state index contributed by atoms with van der Waals surface area (Å²) in [5.41, 5.74) is 0. The number of hydrogen-bond donors (Lipinski definition) is 1. The van der Waals surface area contributed by atoms with E-state index in [2.05, 4.69) is 17.4 Å². The Labute approximate surface area is 53.9 Å². The van der Waals surface area contributed by atoms with E-state index in [1.54, 1.807) is 6.08 Å². The van der Waals surface area contributed by atoms with Gasteiger partial charge < -0.3 is 4.74 Å². The number of methoxy groups -OCH3 is 1. The largest absolute Gasteiger partial charge is 0.466 e. The van der Waals surface area contributed by atoms with E-state index in [-0.39, 0.29) is 5.97 Å². The zero-order valence-corrected chi connectivity index (χ0v) is 5.52. The summed E-state index contributed by atoms with van der Waals surface area (Å²) in [6.45, 7) is 0. The molecule has 0 aromatic rings. The first-order valence-corrected chi connectivity index (χ1v) is 2.80. The number of carbonyl (C=O) groups excluding carboxylic acids is 1. The topological polar surface area (TPSA) is 26.3 Å². The molecule has 0 unspecified atom stereocenters. The van der Waals surface area contributed by atoms with Crippen LogP contribution in [0.25, 0.3) is 0 Å². The van der Waals surface area contributed by atoms with E-state index in [1.807, 2.05) is 0 Å². The first kappa shape index (κ1) is 7.56. The maximum absolute atomic E-state index is 10.2. The Balaban J connectivity index is 3.37. The molecule has 0 aliphatic carbocycles. The minimum absolute atomic E-state index is 0.334. The van der Waals surface area contributed by atoms with Crippen molar-refractivity contribution < 1.29 is 9.53 Å². The first-order valence-electron chi connectivity index (χ1n) is 2.16. The molecule has 0 aliphatic heterocycles. The molecule has 0 atom stereocenters. The van der Waals surface area contributed by atoms with E-state index < -0.39 is 0 Å². The second kappa shape index (κ2) is 4.71. The van der Waals surface area contributed by atoms with E-state index in [0.29, 0.717) is 5.75 Å². The smallest absolute Gasteiger partial charge is 0.330 e. The summed E-state index contributed by atoms with van der Waals surface area (Å²) in [5.74, 6) is 0.230. The van der Waals surface area contributed by atoms with Crippen molar-refractivity contribution in [1.29, 1.82) is 0 Å². The number of hydrogen-bond acceptors (Lipinski definition) is 3. The molecule has 0 bridgehead atoms. The van der Waals surface area contributed by atoms with Crippen LogP contribution < -0.4 is 0 Å². The van der Waals surface area contributed by atoms with Crippen LogP contribution >= 0.6 is 12.6 Å². The molecule has 0 aromatic heterocycles. The van der Waals surface area contributed by atoms with Crippen LogP contribution in [0.1, 0.15) is 0 Å². The highest BCUT2D eigenvalue weighted by atomic mass is 32.1. The van der Waals surface area contributed by atoms with Gasteiger partial charge >= 0.3 is 5.97 Å². The Morgan fingerprint density at radius 2 is 2.50 bits per heavy atom. The number of ether oxygens (including phenoxy) is 1. The highest BCUT2D eigenvalue weighted by Gasteiger charge is 1.85. The van der Waals surface area contributed by atoms with Gasteiger partial charge in [0.25, 0.3) is 0 Å². The standard InChI is InChI=1S/C5H8O2S/c1-7-5(6)3-2-4-8/h2-3,8H,4H2,1H3/b3-2+. The van der Waals surface area contributed by atoms with Crippen molar-refractivity contribution in [2.24, 2.45) is 0 Å². The molecule has 0 saturated carbocycles. The Morgan fingerprint density at radius 3 is 2.88 bits per heavy atom. The summed E-state index contributed by atoms with van der Waals surface area (Å²) in [4.78, 5) is 10.2. The Bertz CT molecular complexity index is 98.6. The number of rotatable bonds is 2. The summed E-state index contributed by atoms with van der Waals surface area (Å²) >= 11 is 3.84. The van der Waals surface area contributed by atoms with Gasteiger partial charge in [0.1, 0.15) is 0 Å². The maximum atomic E-state index is 10.2. The molecule has 0 saturated heterocycles. The lowest BCUT2D eigenvalue weighted by molar-refractivity contribution is -0.134. The van der Waals surface area contributed by atoms with Gasteiger partial charge in [0.05, 0.1) is 7.11 Å². The van der Waals surface area contributed by atoms with Gasteiger partial charge in [0, 0.05) is 11.8 Å². The van der Waals surface area contributed by atoms with Crippen molar-refractivity contribution in [3.63, 3.8) is 0 Å².